The van der Waals surface area contributed by atoms with Crippen molar-refractivity contribution in [2.75, 3.05) is 23.3 Å². The second-order valence-electron chi connectivity index (χ2n) is 14.5. The minimum Gasteiger partial charge on any atom is -0.370 e. The van der Waals surface area contributed by atoms with Crippen molar-refractivity contribution in [3.05, 3.63) is 45.4 Å². The van der Waals surface area contributed by atoms with E-state index in [4.69, 9.17) is 28.2 Å². The molecule has 0 spiro atoms. The number of anilines is 3. The van der Waals surface area contributed by atoms with E-state index in [2.05, 4.69) is 20.5 Å². The summed E-state index contributed by atoms with van der Waals surface area (Å²) in [7, 11) is 1.86. The van der Waals surface area contributed by atoms with Crippen LogP contribution in [0.15, 0.2) is 29.3 Å². The third kappa shape index (κ3) is 7.04. The quantitative estimate of drug-likeness (QED) is 0.268. The van der Waals surface area contributed by atoms with Gasteiger partial charge in [-0.25, -0.2) is 9.98 Å². The summed E-state index contributed by atoms with van der Waals surface area (Å²) >= 11 is 13.4. The molecule has 1 aromatic heterocycles. The molecular formula is C35H41Cl2F3N6O2. The van der Waals surface area contributed by atoms with E-state index in [1.54, 1.807) is 18.2 Å². The van der Waals surface area contributed by atoms with Crippen LogP contribution in [-0.2, 0) is 18.4 Å². The molecule has 2 unspecified atom stereocenters. The Morgan fingerprint density at radius 1 is 1.02 bits per heavy atom. The van der Waals surface area contributed by atoms with Gasteiger partial charge in [-0.1, -0.05) is 56.5 Å². The molecular weight excluding hydrogens is 664 g/mol. The molecule has 1 saturated heterocycles. The number of fused-ring (bicyclic) bond motifs is 2. The zero-order chi connectivity index (χ0) is 34.5. The van der Waals surface area contributed by atoms with Crippen LogP contribution in [0.2, 0.25) is 10.0 Å². The molecule has 3 aliphatic rings. The van der Waals surface area contributed by atoms with Gasteiger partial charge in [0.2, 0.25) is 11.9 Å². The van der Waals surface area contributed by atoms with Gasteiger partial charge in [-0.15, -0.1) is 0 Å². The highest BCUT2D eigenvalue weighted by Gasteiger charge is 2.41. The van der Waals surface area contributed by atoms with Crippen molar-refractivity contribution >= 4 is 69.1 Å². The third-order valence-corrected chi connectivity index (χ3v) is 10.9. The summed E-state index contributed by atoms with van der Waals surface area (Å²) in [5, 5.41) is 6.90. The smallest absolute Gasteiger partial charge is 0.370 e. The summed E-state index contributed by atoms with van der Waals surface area (Å²) in [4.78, 5) is 37.7. The summed E-state index contributed by atoms with van der Waals surface area (Å²) < 4.78 is 41.6. The predicted molar refractivity (Wildman–Crippen MR) is 185 cm³/mol. The van der Waals surface area contributed by atoms with Gasteiger partial charge in [-0.05, 0) is 74.1 Å². The first-order valence-electron chi connectivity index (χ1n) is 16.5. The lowest BCUT2D eigenvalue weighted by Gasteiger charge is -2.25. The summed E-state index contributed by atoms with van der Waals surface area (Å²) in [5.74, 6) is -0.342. The lowest BCUT2D eigenvalue weighted by molar-refractivity contribution is -0.178. The Balaban J connectivity index is 1.32. The van der Waals surface area contributed by atoms with E-state index in [0.29, 0.717) is 55.9 Å². The first-order valence-corrected chi connectivity index (χ1v) is 17.3. The number of aliphatic imine (C=N–C) groups is 1. The molecule has 3 fully saturated rings. The molecule has 13 heteroatoms. The Bertz CT molecular complexity index is 1760. The maximum absolute atomic E-state index is 13.8. The summed E-state index contributed by atoms with van der Waals surface area (Å²) in [6, 6.07) is 7.17. The van der Waals surface area contributed by atoms with E-state index in [-0.39, 0.29) is 38.1 Å². The molecule has 3 aromatic rings. The van der Waals surface area contributed by atoms with Crippen LogP contribution in [0.1, 0.15) is 81.6 Å². The Morgan fingerprint density at radius 2 is 1.69 bits per heavy atom. The van der Waals surface area contributed by atoms with Crippen LogP contribution in [0.3, 0.4) is 0 Å². The van der Waals surface area contributed by atoms with E-state index in [9.17, 15) is 22.8 Å². The van der Waals surface area contributed by atoms with Crippen molar-refractivity contribution < 1.29 is 22.8 Å². The van der Waals surface area contributed by atoms with E-state index in [1.807, 2.05) is 38.5 Å². The normalized spacial score (nSPS) is 21.5. The number of imidazole rings is 1. The van der Waals surface area contributed by atoms with Crippen molar-refractivity contribution in [2.45, 2.75) is 78.4 Å². The number of carbonyl (C=O) groups excluding carboxylic acids is 2. The fourth-order valence-corrected chi connectivity index (χ4v) is 7.73. The first-order chi connectivity index (χ1) is 22.6. The van der Waals surface area contributed by atoms with Gasteiger partial charge in [-0.3, -0.25) is 9.59 Å². The lowest BCUT2D eigenvalue weighted by atomic mass is 9.87. The SMILES string of the molecule is Cn1c(Nc2c(Cl)ccc(CNC(=O)C(C)(C)C)c2Cl)nc2cc(C(=O)N=C3CCC(C(F)(F)F)CC3)c(N3CC4CCCC4C3)cc21. The molecule has 258 valence electrons. The maximum atomic E-state index is 13.8. The number of aromatic nitrogens is 2. The van der Waals surface area contributed by atoms with Crippen LogP contribution in [0.4, 0.5) is 30.5 Å². The van der Waals surface area contributed by atoms with Crippen molar-refractivity contribution in [3.8, 4) is 0 Å². The molecule has 6 rings (SSSR count). The number of hydrogen-bond donors (Lipinski definition) is 2. The highest BCUT2D eigenvalue weighted by atomic mass is 35.5. The Kier molecular flexibility index (Phi) is 9.50. The topological polar surface area (TPSA) is 91.6 Å². The molecule has 48 heavy (non-hydrogen) atoms. The summed E-state index contributed by atoms with van der Waals surface area (Å²) in [6.45, 7) is 7.40. The van der Waals surface area contributed by atoms with Gasteiger partial charge in [0.05, 0.1) is 43.9 Å². The Hall–Kier alpha value is -3.31. The molecule has 2 aromatic carbocycles. The number of nitrogens with one attached hydrogen (secondary N) is 2. The van der Waals surface area contributed by atoms with Crippen LogP contribution >= 0.6 is 23.2 Å². The number of carbonyl (C=O) groups is 2. The number of benzene rings is 2. The number of nitrogens with zero attached hydrogens (tertiary/aromatic N) is 4. The minimum absolute atomic E-state index is 0.0540. The number of alkyl halides is 3. The predicted octanol–water partition coefficient (Wildman–Crippen LogP) is 8.86. The van der Waals surface area contributed by atoms with Crippen molar-refractivity contribution in [2.24, 2.45) is 35.2 Å². The minimum atomic E-state index is -4.23. The largest absolute Gasteiger partial charge is 0.391 e. The standard InChI is InChI=1S/C35H41Cl2F3N6O2/c1-34(2,3)32(48)41-16-19-8-13-25(36)30(29(19)37)44-33-43-26-14-24(31(47)42-23-11-9-22(10-12-23)35(38,39)40)27(15-28(26)45(33)4)46-17-20-6-5-7-21(20)18-46/h8,13-15,20-22H,5-7,9-12,16-18H2,1-4H3,(H,41,48)(H,43,44). The number of aryl methyl sites for hydroxylation is 1. The zero-order valence-corrected chi connectivity index (χ0v) is 29.1. The molecule has 2 aliphatic carbocycles. The second kappa shape index (κ2) is 13.2. The lowest BCUT2D eigenvalue weighted by Crippen LogP contribution is -2.34. The Morgan fingerprint density at radius 3 is 2.31 bits per heavy atom. The number of amides is 2. The monoisotopic (exact) mass is 704 g/mol. The van der Waals surface area contributed by atoms with Gasteiger partial charge in [0.1, 0.15) is 0 Å². The highest BCUT2D eigenvalue weighted by molar-refractivity contribution is 6.39. The van der Waals surface area contributed by atoms with E-state index >= 15 is 0 Å². The van der Waals surface area contributed by atoms with E-state index in [1.165, 1.54) is 6.42 Å². The van der Waals surface area contributed by atoms with Gasteiger partial charge in [0, 0.05) is 37.8 Å². The van der Waals surface area contributed by atoms with Gasteiger partial charge >= 0.3 is 6.18 Å². The van der Waals surface area contributed by atoms with E-state index < -0.39 is 23.4 Å². The molecule has 0 radical (unpaired) electrons. The average Bonchev–Trinajstić information content (AvgIpc) is 3.71. The average molecular weight is 706 g/mol. The fraction of sp³-hybridized carbons (Fsp3) is 0.543. The van der Waals surface area contributed by atoms with Crippen molar-refractivity contribution in [3.63, 3.8) is 0 Å². The van der Waals surface area contributed by atoms with Gasteiger partial charge < -0.3 is 20.1 Å². The summed E-state index contributed by atoms with van der Waals surface area (Å²) in [6.07, 6.45) is -0.496. The molecule has 2 heterocycles. The van der Waals surface area contributed by atoms with Gasteiger partial charge in [0.25, 0.3) is 5.91 Å². The molecule has 1 aliphatic heterocycles. The van der Waals surface area contributed by atoms with Gasteiger partial charge in [0.15, 0.2) is 0 Å². The fourth-order valence-electron chi connectivity index (χ4n) is 7.20. The van der Waals surface area contributed by atoms with Crippen LogP contribution < -0.4 is 15.5 Å². The second-order valence-corrected chi connectivity index (χ2v) is 15.2. The molecule has 2 amide bonds. The van der Waals surface area contributed by atoms with Crippen LogP contribution in [0.25, 0.3) is 11.0 Å². The molecule has 8 nitrogen and oxygen atoms in total. The first kappa shape index (κ1) is 34.5. The maximum Gasteiger partial charge on any atom is 0.391 e. The molecule has 2 atom stereocenters. The van der Waals surface area contributed by atoms with Crippen LogP contribution in [0.5, 0.6) is 0 Å². The highest BCUT2D eigenvalue weighted by Crippen LogP contribution is 2.43. The van der Waals surface area contributed by atoms with Crippen LogP contribution in [-0.4, -0.2) is 46.3 Å². The number of rotatable bonds is 6. The number of halogens is 5. The van der Waals surface area contributed by atoms with Crippen LogP contribution in [0, 0.1) is 23.2 Å². The van der Waals surface area contributed by atoms with Crippen molar-refractivity contribution in [1.29, 1.82) is 0 Å². The van der Waals surface area contributed by atoms with Crippen molar-refractivity contribution in [1.82, 2.24) is 14.9 Å². The zero-order valence-electron chi connectivity index (χ0n) is 27.6. The molecule has 2 N–H and O–H groups in total. The molecule has 2 saturated carbocycles. The number of hydrogen-bond acceptors (Lipinski definition) is 5. The summed E-state index contributed by atoms with van der Waals surface area (Å²) in [5.41, 5.74) is 3.55. The van der Waals surface area contributed by atoms with Gasteiger partial charge in [-0.2, -0.15) is 13.2 Å². The third-order valence-electron chi connectivity index (χ3n) is 10.1. The van der Waals surface area contributed by atoms with E-state index in [0.717, 1.165) is 37.1 Å². The molecule has 0 bridgehead atoms. The Labute approximate surface area is 288 Å².